The summed E-state index contributed by atoms with van der Waals surface area (Å²) in [6.45, 7) is 9.39. The van der Waals surface area contributed by atoms with Gasteiger partial charge in [-0.25, -0.2) is 14.6 Å². The minimum Gasteiger partial charge on any atom is -0.492 e. The van der Waals surface area contributed by atoms with E-state index in [9.17, 15) is 24.0 Å². The first-order chi connectivity index (χ1) is 20.6. The Balaban J connectivity index is 1.54. The molecule has 2 bridgehead atoms. The molecule has 2 aromatic rings. The van der Waals surface area contributed by atoms with Crippen LogP contribution in [-0.4, -0.2) is 49.4 Å². The molecule has 2 unspecified atom stereocenters. The minimum absolute atomic E-state index is 0.0834. The lowest BCUT2D eigenvalue weighted by molar-refractivity contribution is -0.155. The number of ether oxygens (including phenoxy) is 3. The van der Waals surface area contributed by atoms with Crippen LogP contribution in [-0.2, 0) is 28.7 Å². The van der Waals surface area contributed by atoms with Crippen LogP contribution in [0.2, 0.25) is 0 Å². The number of hydrogen-bond donors (Lipinski definition) is 0. The number of amides is 4. The highest BCUT2D eigenvalue weighted by molar-refractivity contribution is 6.28. The van der Waals surface area contributed by atoms with Crippen molar-refractivity contribution in [2.45, 2.75) is 34.6 Å². The number of esters is 1. The first-order valence-electron chi connectivity index (χ1n) is 14.7. The first kappa shape index (κ1) is 28.6. The summed E-state index contributed by atoms with van der Waals surface area (Å²) in [5.41, 5.74) is -0.205. The Morgan fingerprint density at radius 3 is 1.56 bits per heavy atom. The largest absolute Gasteiger partial charge is 0.492 e. The van der Waals surface area contributed by atoms with Crippen molar-refractivity contribution in [2.75, 3.05) is 29.6 Å². The van der Waals surface area contributed by atoms with Crippen LogP contribution in [0.25, 0.3) is 0 Å². The van der Waals surface area contributed by atoms with Gasteiger partial charge in [0, 0.05) is 16.9 Å². The molecule has 2 saturated heterocycles. The molecule has 0 radical (unpaired) electrons. The highest BCUT2D eigenvalue weighted by Crippen LogP contribution is 2.69. The Bertz CT molecular complexity index is 1500. The summed E-state index contributed by atoms with van der Waals surface area (Å²) in [6, 6.07) is 13.6. The fourth-order valence-electron chi connectivity index (χ4n) is 8.12. The Kier molecular flexibility index (Phi) is 6.90. The lowest BCUT2D eigenvalue weighted by Gasteiger charge is -2.55. The average Bonchev–Trinajstić information content (AvgIpc) is 3.40. The molecule has 5 aliphatic rings. The summed E-state index contributed by atoms with van der Waals surface area (Å²) < 4.78 is 17.0. The topological polar surface area (TPSA) is 120 Å². The first-order valence-corrected chi connectivity index (χ1v) is 14.7. The predicted octanol–water partition coefficient (Wildman–Crippen LogP) is 3.92. The number of rotatable bonds is 8. The number of benzene rings is 2. The maximum absolute atomic E-state index is 14.4. The smallest absolute Gasteiger partial charge is 0.334 e. The lowest BCUT2D eigenvalue weighted by Crippen LogP contribution is -2.61. The van der Waals surface area contributed by atoms with E-state index in [4.69, 9.17) is 14.2 Å². The summed E-state index contributed by atoms with van der Waals surface area (Å²) in [7, 11) is 0. The van der Waals surface area contributed by atoms with Gasteiger partial charge in [0.2, 0.25) is 23.6 Å². The Hall–Kier alpha value is -4.47. The molecule has 43 heavy (non-hydrogen) atoms. The Morgan fingerprint density at radius 2 is 1.14 bits per heavy atom. The molecule has 224 valence electrons. The van der Waals surface area contributed by atoms with Gasteiger partial charge in [0.1, 0.15) is 11.5 Å². The fourth-order valence-corrected chi connectivity index (χ4v) is 8.12. The van der Waals surface area contributed by atoms with Crippen molar-refractivity contribution >= 4 is 41.0 Å². The summed E-state index contributed by atoms with van der Waals surface area (Å²) in [4.78, 5) is 73.4. The zero-order valence-corrected chi connectivity index (χ0v) is 24.8. The molecule has 2 aromatic carbocycles. The molecule has 3 aliphatic carbocycles. The predicted molar refractivity (Wildman–Crippen MR) is 155 cm³/mol. The van der Waals surface area contributed by atoms with Crippen molar-refractivity contribution in [3.05, 3.63) is 59.7 Å². The molecular weight excluding hydrogens is 552 g/mol. The maximum atomic E-state index is 14.4. The quantitative estimate of drug-likeness (QED) is 0.337. The second kappa shape index (κ2) is 10.4. The zero-order valence-electron chi connectivity index (χ0n) is 24.8. The van der Waals surface area contributed by atoms with Crippen molar-refractivity contribution in [1.29, 1.82) is 0 Å². The molecule has 0 aromatic heterocycles. The molecule has 2 aliphatic heterocycles. The van der Waals surface area contributed by atoms with E-state index in [1.807, 2.05) is 0 Å². The molecule has 3 fully saturated rings. The molecule has 6 atom stereocenters. The van der Waals surface area contributed by atoms with Gasteiger partial charge in [-0.15, -0.1) is 0 Å². The van der Waals surface area contributed by atoms with Crippen LogP contribution in [0.4, 0.5) is 11.4 Å². The van der Waals surface area contributed by atoms with E-state index in [0.717, 1.165) is 9.80 Å². The maximum Gasteiger partial charge on any atom is 0.334 e. The second-order valence-corrected chi connectivity index (χ2v) is 11.4. The molecule has 4 amide bonds. The molecule has 10 heteroatoms. The van der Waals surface area contributed by atoms with Crippen molar-refractivity contribution in [1.82, 2.24) is 0 Å². The van der Waals surface area contributed by atoms with E-state index in [-0.39, 0.29) is 12.2 Å². The van der Waals surface area contributed by atoms with Gasteiger partial charge in [-0.1, -0.05) is 36.8 Å². The van der Waals surface area contributed by atoms with E-state index in [2.05, 4.69) is 0 Å². The van der Waals surface area contributed by atoms with Crippen molar-refractivity contribution in [2.24, 2.45) is 35.0 Å². The Morgan fingerprint density at radius 1 is 0.698 bits per heavy atom. The Labute approximate surface area is 249 Å². The van der Waals surface area contributed by atoms with Crippen LogP contribution in [0, 0.1) is 35.0 Å². The lowest BCUT2D eigenvalue weighted by atomic mass is 9.43. The third-order valence-electron chi connectivity index (χ3n) is 9.49. The summed E-state index contributed by atoms with van der Waals surface area (Å²) in [6.07, 6.45) is 0. The van der Waals surface area contributed by atoms with Crippen molar-refractivity contribution < 1.29 is 38.2 Å². The van der Waals surface area contributed by atoms with Gasteiger partial charge in [0.15, 0.2) is 0 Å². The molecule has 7 rings (SSSR count). The number of anilines is 2. The number of carbonyl (C=O) groups excluding carboxylic acids is 5. The highest BCUT2D eigenvalue weighted by Gasteiger charge is 2.77. The van der Waals surface area contributed by atoms with Gasteiger partial charge < -0.3 is 14.2 Å². The minimum atomic E-state index is -1.50. The standard InChI is InChI=1S/C33H34N2O8/c1-6-41-20-15-11-9-13-18(20)34-28(36)23-22-17(4)25(32(40)43-8-3)33(5,26(23)30(34)38)27-24(22)29(37)35(31(27)39)19-14-10-12-16-21(19)42-7-2/h9-16,22-24,26-27H,6-8H2,1-5H3/t22?,23-,24+,26-,27+,33?. The van der Waals surface area contributed by atoms with Crippen LogP contribution >= 0.6 is 0 Å². The van der Waals surface area contributed by atoms with Gasteiger partial charge in [-0.2, -0.15) is 0 Å². The van der Waals surface area contributed by atoms with Crippen molar-refractivity contribution in [3.8, 4) is 11.5 Å². The number of nitrogens with zero attached hydrogens (tertiary/aromatic N) is 2. The van der Waals surface area contributed by atoms with Crippen LogP contribution in [0.1, 0.15) is 34.6 Å². The number of para-hydroxylation sites is 4. The number of allylic oxidation sites excluding steroid dienone is 1. The fraction of sp³-hybridized carbons (Fsp3) is 0.424. The van der Waals surface area contributed by atoms with E-state index < -0.39 is 64.6 Å². The molecule has 2 heterocycles. The van der Waals surface area contributed by atoms with Crippen LogP contribution in [0.3, 0.4) is 0 Å². The molecule has 10 nitrogen and oxygen atoms in total. The SMILES string of the molecule is CCOC(=O)C1=C(C)C2[C@H]3C(=O)N(c4ccccc4OCC)C(=O)[C@@H]3C1(C)[C@@H]1C(=O)N(c3ccccc3OCC)C(=O)[C@@H]21. The summed E-state index contributed by atoms with van der Waals surface area (Å²) in [5, 5.41) is 0. The van der Waals surface area contributed by atoms with E-state index >= 15 is 0 Å². The molecular formula is C33H34N2O8. The highest BCUT2D eigenvalue weighted by atomic mass is 16.5. The monoisotopic (exact) mass is 586 g/mol. The number of carbonyl (C=O) groups is 5. The van der Waals surface area contributed by atoms with Gasteiger partial charge >= 0.3 is 5.97 Å². The van der Waals surface area contributed by atoms with Gasteiger partial charge in [0.25, 0.3) is 0 Å². The average molecular weight is 587 g/mol. The molecule has 0 spiro atoms. The third kappa shape index (κ3) is 3.74. The van der Waals surface area contributed by atoms with E-state index in [1.165, 1.54) is 0 Å². The van der Waals surface area contributed by atoms with Crippen LogP contribution in [0.15, 0.2) is 59.7 Å². The third-order valence-corrected chi connectivity index (χ3v) is 9.49. The summed E-state index contributed by atoms with van der Waals surface area (Å²) in [5.74, 6) is -6.84. The van der Waals surface area contributed by atoms with Crippen molar-refractivity contribution in [3.63, 3.8) is 0 Å². The normalized spacial score (nSPS) is 29.3. The van der Waals surface area contributed by atoms with Crippen LogP contribution < -0.4 is 19.3 Å². The van der Waals surface area contributed by atoms with E-state index in [0.29, 0.717) is 41.7 Å². The van der Waals surface area contributed by atoms with Gasteiger partial charge in [-0.3, -0.25) is 19.2 Å². The zero-order chi connectivity index (χ0) is 30.8. The van der Waals surface area contributed by atoms with E-state index in [1.54, 1.807) is 83.1 Å². The van der Waals surface area contributed by atoms with Crippen LogP contribution in [0.5, 0.6) is 11.5 Å². The molecule has 1 saturated carbocycles. The molecule has 0 N–H and O–H groups in total. The van der Waals surface area contributed by atoms with Gasteiger partial charge in [-0.05, 0) is 52.0 Å². The number of hydrogen-bond acceptors (Lipinski definition) is 8. The summed E-state index contributed by atoms with van der Waals surface area (Å²) >= 11 is 0. The number of imide groups is 2. The van der Waals surface area contributed by atoms with Gasteiger partial charge in [0.05, 0.1) is 54.9 Å². The second-order valence-electron chi connectivity index (χ2n) is 11.4.